The molecule has 0 spiro atoms. The summed E-state index contributed by atoms with van der Waals surface area (Å²) >= 11 is 1.31. The molecule has 154 valence electrons. The highest BCUT2D eigenvalue weighted by atomic mass is 32.2. The number of rotatable bonds is 8. The van der Waals surface area contributed by atoms with Crippen LogP contribution in [0.25, 0.3) is 0 Å². The monoisotopic (exact) mass is 426 g/mol. The van der Waals surface area contributed by atoms with E-state index in [0.717, 1.165) is 4.90 Å². The van der Waals surface area contributed by atoms with Gasteiger partial charge in [-0.15, -0.1) is 0 Å². The van der Waals surface area contributed by atoms with Gasteiger partial charge < -0.3 is 14.7 Å². The number of aliphatic hydroxyl groups is 1. The third-order valence-electron chi connectivity index (χ3n) is 3.60. The first kappa shape index (κ1) is 22.8. The van der Waals surface area contributed by atoms with Crippen LogP contribution in [0.15, 0.2) is 57.4 Å². The molecule has 0 aliphatic heterocycles. The van der Waals surface area contributed by atoms with Crippen LogP contribution < -0.4 is 4.74 Å². The zero-order chi connectivity index (χ0) is 22.1. The molecular formula is C21H18N2O6S. The SMILES string of the molecule is CC(=O)ON=C(C)C(=O)c1ccc(Sc2ccc(OC(=O)CCO)cc2C#N)cc1. The molecule has 0 aliphatic rings. The Morgan fingerprint density at radius 2 is 1.83 bits per heavy atom. The molecule has 9 heteroatoms. The highest BCUT2D eigenvalue weighted by molar-refractivity contribution is 7.99. The Kier molecular flexibility index (Phi) is 8.29. The molecule has 0 heterocycles. The van der Waals surface area contributed by atoms with E-state index < -0.39 is 11.9 Å². The minimum absolute atomic E-state index is 0.0451. The highest BCUT2D eigenvalue weighted by Gasteiger charge is 2.13. The second kappa shape index (κ2) is 10.9. The molecule has 0 unspecified atom stereocenters. The van der Waals surface area contributed by atoms with Crippen LogP contribution in [0.5, 0.6) is 5.75 Å². The molecule has 2 rings (SSSR count). The molecule has 0 radical (unpaired) electrons. The van der Waals surface area contributed by atoms with Crippen molar-refractivity contribution in [3.63, 3.8) is 0 Å². The summed E-state index contributed by atoms with van der Waals surface area (Å²) < 4.78 is 5.06. The second-order valence-electron chi connectivity index (χ2n) is 5.93. The van der Waals surface area contributed by atoms with Crippen molar-refractivity contribution in [1.29, 1.82) is 5.26 Å². The van der Waals surface area contributed by atoms with Crippen molar-refractivity contribution in [1.82, 2.24) is 0 Å². The maximum Gasteiger partial charge on any atom is 0.331 e. The molecule has 0 aromatic heterocycles. The quantitative estimate of drug-likeness (QED) is 0.170. The lowest BCUT2D eigenvalue weighted by molar-refractivity contribution is -0.141. The van der Waals surface area contributed by atoms with Crippen LogP contribution in [-0.4, -0.2) is 35.1 Å². The van der Waals surface area contributed by atoms with Crippen molar-refractivity contribution in [3.8, 4) is 11.8 Å². The summed E-state index contributed by atoms with van der Waals surface area (Å²) in [7, 11) is 0. The second-order valence-corrected chi connectivity index (χ2v) is 7.05. The molecule has 1 N–H and O–H groups in total. The zero-order valence-electron chi connectivity index (χ0n) is 16.2. The Morgan fingerprint density at radius 3 is 2.43 bits per heavy atom. The lowest BCUT2D eigenvalue weighted by atomic mass is 10.1. The van der Waals surface area contributed by atoms with Gasteiger partial charge in [0.25, 0.3) is 0 Å². The van der Waals surface area contributed by atoms with E-state index >= 15 is 0 Å². The third-order valence-corrected chi connectivity index (χ3v) is 4.69. The number of nitrogens with zero attached hydrogens (tertiary/aromatic N) is 2. The summed E-state index contributed by atoms with van der Waals surface area (Å²) in [6.07, 6.45) is -0.130. The number of Topliss-reactive ketones (excluding diaryl/α,β-unsaturated/α-hetero) is 1. The van der Waals surface area contributed by atoms with Gasteiger partial charge in [0.2, 0.25) is 5.78 Å². The number of oxime groups is 1. The van der Waals surface area contributed by atoms with Crippen LogP contribution in [0, 0.1) is 11.3 Å². The van der Waals surface area contributed by atoms with E-state index in [1.165, 1.54) is 31.7 Å². The van der Waals surface area contributed by atoms with E-state index in [9.17, 15) is 19.6 Å². The van der Waals surface area contributed by atoms with Crippen molar-refractivity contribution in [2.75, 3.05) is 6.61 Å². The van der Waals surface area contributed by atoms with Crippen molar-refractivity contribution in [2.45, 2.75) is 30.1 Å². The Bertz CT molecular complexity index is 1020. The third kappa shape index (κ3) is 6.55. The summed E-state index contributed by atoms with van der Waals surface area (Å²) in [6.45, 7) is 2.32. The maximum atomic E-state index is 12.3. The molecule has 2 aromatic rings. The van der Waals surface area contributed by atoms with Gasteiger partial charge in [-0.1, -0.05) is 16.9 Å². The van der Waals surface area contributed by atoms with Crippen molar-refractivity contribution in [3.05, 3.63) is 53.6 Å². The predicted molar refractivity (Wildman–Crippen MR) is 108 cm³/mol. The largest absolute Gasteiger partial charge is 0.426 e. The number of ketones is 1. The standard InChI is InChI=1S/C21H18N2O6S/c1-13(23-29-14(2)25)21(27)15-3-6-18(7-4-15)30-19-8-5-17(11-16(19)12-22)28-20(26)9-10-24/h3-8,11,24H,9-10H2,1-2H3. The summed E-state index contributed by atoms with van der Waals surface area (Å²) in [4.78, 5) is 40.4. The number of esters is 1. The number of carbonyl (C=O) groups is 3. The molecule has 2 aromatic carbocycles. The van der Waals surface area contributed by atoms with Crippen molar-refractivity contribution < 1.29 is 29.1 Å². The number of ether oxygens (including phenoxy) is 1. The summed E-state index contributed by atoms with van der Waals surface area (Å²) in [5.41, 5.74) is 0.738. The number of benzene rings is 2. The van der Waals surface area contributed by atoms with Crippen LogP contribution in [0.3, 0.4) is 0 Å². The molecule has 30 heavy (non-hydrogen) atoms. The van der Waals surface area contributed by atoms with E-state index in [1.54, 1.807) is 36.4 Å². The van der Waals surface area contributed by atoms with Gasteiger partial charge in [0.05, 0.1) is 18.6 Å². The summed E-state index contributed by atoms with van der Waals surface area (Å²) in [5.74, 6) is -1.36. The first-order chi connectivity index (χ1) is 14.3. The van der Waals surface area contributed by atoms with Gasteiger partial charge >= 0.3 is 11.9 Å². The summed E-state index contributed by atoms with van der Waals surface area (Å²) in [5, 5.41) is 21.6. The van der Waals surface area contributed by atoms with Crippen molar-refractivity contribution >= 4 is 35.2 Å². The van der Waals surface area contributed by atoms with E-state index in [4.69, 9.17) is 9.84 Å². The van der Waals surface area contributed by atoms with Crippen LogP contribution in [0.4, 0.5) is 0 Å². The van der Waals surface area contributed by atoms with Crippen LogP contribution in [0.2, 0.25) is 0 Å². The smallest absolute Gasteiger partial charge is 0.331 e. The normalized spacial score (nSPS) is 10.8. The molecule has 0 fully saturated rings. The fourth-order valence-electron chi connectivity index (χ4n) is 2.21. The molecule has 0 amide bonds. The van der Waals surface area contributed by atoms with Gasteiger partial charge in [0.15, 0.2) is 0 Å². The minimum Gasteiger partial charge on any atom is -0.426 e. The average Bonchev–Trinajstić information content (AvgIpc) is 2.73. The molecule has 0 saturated carbocycles. The van der Waals surface area contributed by atoms with Crippen LogP contribution in [-0.2, 0) is 14.4 Å². The van der Waals surface area contributed by atoms with Gasteiger partial charge in [0.1, 0.15) is 17.5 Å². The number of carbonyl (C=O) groups excluding carboxylic acids is 3. The minimum atomic E-state index is -0.614. The lowest BCUT2D eigenvalue weighted by Crippen LogP contribution is -2.11. The van der Waals surface area contributed by atoms with E-state index in [0.29, 0.717) is 16.0 Å². The maximum absolute atomic E-state index is 12.3. The van der Waals surface area contributed by atoms with E-state index in [-0.39, 0.29) is 30.3 Å². The van der Waals surface area contributed by atoms with Gasteiger partial charge in [-0.25, -0.2) is 4.79 Å². The van der Waals surface area contributed by atoms with E-state index in [1.807, 2.05) is 0 Å². The summed E-state index contributed by atoms with van der Waals surface area (Å²) in [6, 6.07) is 13.4. The molecule has 0 saturated heterocycles. The number of nitriles is 1. The van der Waals surface area contributed by atoms with E-state index in [2.05, 4.69) is 16.1 Å². The molecule has 8 nitrogen and oxygen atoms in total. The van der Waals surface area contributed by atoms with Gasteiger partial charge in [-0.05, 0) is 49.4 Å². The first-order valence-corrected chi connectivity index (χ1v) is 9.56. The Balaban J connectivity index is 2.12. The number of hydrogen-bond donors (Lipinski definition) is 1. The Labute approximate surface area is 177 Å². The molecular weight excluding hydrogens is 408 g/mol. The molecule has 0 bridgehead atoms. The fraction of sp³-hybridized carbons (Fsp3) is 0.190. The average molecular weight is 426 g/mol. The predicted octanol–water partition coefficient (Wildman–Crippen LogP) is 3.12. The zero-order valence-corrected chi connectivity index (χ0v) is 17.1. The number of aliphatic hydroxyl groups excluding tert-OH is 1. The topological polar surface area (TPSA) is 126 Å². The molecule has 0 aliphatic carbocycles. The van der Waals surface area contributed by atoms with Gasteiger partial charge in [-0.2, -0.15) is 5.26 Å². The Morgan fingerprint density at radius 1 is 1.13 bits per heavy atom. The first-order valence-electron chi connectivity index (χ1n) is 8.74. The Hall–Kier alpha value is -3.48. The lowest BCUT2D eigenvalue weighted by Gasteiger charge is -2.08. The highest BCUT2D eigenvalue weighted by Crippen LogP contribution is 2.32. The molecule has 0 atom stereocenters. The fourth-order valence-corrected chi connectivity index (χ4v) is 3.08. The van der Waals surface area contributed by atoms with Crippen LogP contribution in [0.1, 0.15) is 36.2 Å². The number of hydrogen-bond acceptors (Lipinski definition) is 9. The van der Waals surface area contributed by atoms with Crippen LogP contribution >= 0.6 is 11.8 Å². The van der Waals surface area contributed by atoms with Gasteiger partial charge in [0, 0.05) is 22.3 Å². The van der Waals surface area contributed by atoms with Crippen molar-refractivity contribution in [2.24, 2.45) is 5.16 Å². The van der Waals surface area contributed by atoms with Gasteiger partial charge in [-0.3, -0.25) is 9.59 Å².